The van der Waals surface area contributed by atoms with Crippen molar-refractivity contribution in [3.8, 4) is 0 Å². The van der Waals surface area contributed by atoms with Gasteiger partial charge in [0.2, 0.25) is 0 Å². The highest BCUT2D eigenvalue weighted by Crippen LogP contribution is 2.30. The van der Waals surface area contributed by atoms with Gasteiger partial charge in [-0.15, -0.1) is 0 Å². The number of alkyl halides is 3. The van der Waals surface area contributed by atoms with Gasteiger partial charge in [0.1, 0.15) is 5.65 Å². The summed E-state index contributed by atoms with van der Waals surface area (Å²) in [6.07, 6.45) is -0.326. The van der Waals surface area contributed by atoms with Crippen molar-refractivity contribution in [2.75, 3.05) is 10.6 Å². The van der Waals surface area contributed by atoms with Crippen molar-refractivity contribution in [3.05, 3.63) is 53.9 Å². The van der Waals surface area contributed by atoms with Gasteiger partial charge in [-0.05, 0) is 42.3 Å². The van der Waals surface area contributed by atoms with E-state index in [0.717, 1.165) is 29.5 Å². The molecule has 0 aliphatic heterocycles. The molecular formula is C17H15F3N4O. The number of hydrogen-bond acceptors (Lipinski definition) is 2. The third-order valence-electron chi connectivity index (χ3n) is 3.76. The summed E-state index contributed by atoms with van der Waals surface area (Å²) < 4.78 is 37.6. The first-order chi connectivity index (χ1) is 11.9. The minimum atomic E-state index is -4.41. The molecule has 2 amide bonds. The van der Waals surface area contributed by atoms with Crippen molar-refractivity contribution in [1.82, 2.24) is 9.97 Å². The number of nitrogens with one attached hydrogen (secondary N) is 3. The number of carbonyl (C=O) groups is 1. The summed E-state index contributed by atoms with van der Waals surface area (Å²) in [5.41, 5.74) is 1.73. The molecule has 2 aromatic heterocycles. The molecule has 3 N–H and O–H groups in total. The van der Waals surface area contributed by atoms with Gasteiger partial charge in [-0.1, -0.05) is 6.92 Å². The Labute approximate surface area is 141 Å². The number of benzene rings is 1. The second-order valence-electron chi connectivity index (χ2n) is 5.40. The van der Waals surface area contributed by atoms with E-state index in [1.165, 1.54) is 12.1 Å². The Balaban J connectivity index is 1.75. The molecule has 3 rings (SSSR count). The average molecular weight is 348 g/mol. The SMILES string of the molecule is CCc1ccnc2[nH]cc(NC(=O)Nc3ccc(C(F)(F)F)cc3)c12. The van der Waals surface area contributed by atoms with E-state index in [9.17, 15) is 18.0 Å². The fourth-order valence-electron chi connectivity index (χ4n) is 2.54. The Morgan fingerprint density at radius 3 is 2.52 bits per heavy atom. The van der Waals surface area contributed by atoms with Crippen LogP contribution in [0.2, 0.25) is 0 Å². The largest absolute Gasteiger partial charge is 0.416 e. The lowest BCUT2D eigenvalue weighted by Crippen LogP contribution is -2.19. The second kappa shape index (κ2) is 6.46. The number of H-pyrrole nitrogens is 1. The number of urea groups is 1. The van der Waals surface area contributed by atoms with Gasteiger partial charge in [0.15, 0.2) is 0 Å². The molecule has 5 nitrogen and oxygen atoms in total. The molecule has 25 heavy (non-hydrogen) atoms. The standard InChI is InChI=1S/C17H15F3N4O/c1-2-10-7-8-21-15-14(10)13(9-22-15)24-16(25)23-12-5-3-11(4-6-12)17(18,19)20/h3-9H,2H2,1H3,(H,21,22)(H2,23,24,25). The molecule has 0 aliphatic carbocycles. The highest BCUT2D eigenvalue weighted by Gasteiger charge is 2.30. The Kier molecular flexibility index (Phi) is 4.35. The summed E-state index contributed by atoms with van der Waals surface area (Å²) in [4.78, 5) is 19.3. The number of pyridine rings is 1. The van der Waals surface area contributed by atoms with E-state index in [4.69, 9.17) is 0 Å². The normalized spacial score (nSPS) is 11.5. The number of aromatic amines is 1. The number of aromatic nitrogens is 2. The van der Waals surface area contributed by atoms with Crippen LogP contribution in [0, 0.1) is 0 Å². The van der Waals surface area contributed by atoms with E-state index in [-0.39, 0.29) is 5.69 Å². The predicted octanol–water partition coefficient (Wildman–Crippen LogP) is 4.79. The zero-order chi connectivity index (χ0) is 18.0. The van der Waals surface area contributed by atoms with Gasteiger partial charge in [0.05, 0.1) is 11.3 Å². The molecule has 8 heteroatoms. The summed E-state index contributed by atoms with van der Waals surface area (Å²) in [5, 5.41) is 6.01. The fourth-order valence-corrected chi connectivity index (χ4v) is 2.54. The topological polar surface area (TPSA) is 69.8 Å². The molecule has 0 spiro atoms. The first-order valence-corrected chi connectivity index (χ1v) is 7.58. The Morgan fingerprint density at radius 2 is 1.88 bits per heavy atom. The van der Waals surface area contributed by atoms with Crippen LogP contribution in [0.1, 0.15) is 18.1 Å². The number of rotatable bonds is 3. The van der Waals surface area contributed by atoms with Gasteiger partial charge in [-0.25, -0.2) is 9.78 Å². The lowest BCUT2D eigenvalue weighted by atomic mass is 10.1. The summed E-state index contributed by atoms with van der Waals surface area (Å²) in [7, 11) is 0. The molecule has 0 saturated carbocycles. The minimum Gasteiger partial charge on any atom is -0.344 e. The summed E-state index contributed by atoms with van der Waals surface area (Å²) >= 11 is 0. The molecule has 3 aromatic rings. The molecule has 0 saturated heterocycles. The number of hydrogen-bond donors (Lipinski definition) is 3. The van der Waals surface area contributed by atoms with E-state index in [0.29, 0.717) is 11.3 Å². The van der Waals surface area contributed by atoms with Gasteiger partial charge in [-0.2, -0.15) is 13.2 Å². The predicted molar refractivity (Wildman–Crippen MR) is 89.6 cm³/mol. The van der Waals surface area contributed by atoms with Crippen LogP contribution < -0.4 is 10.6 Å². The number of amides is 2. The van der Waals surface area contributed by atoms with Crippen LogP contribution in [0.15, 0.2) is 42.7 Å². The maximum Gasteiger partial charge on any atom is 0.416 e. The Bertz CT molecular complexity index is 900. The molecule has 1 aromatic carbocycles. The molecule has 0 aliphatic rings. The van der Waals surface area contributed by atoms with Gasteiger partial charge in [0.25, 0.3) is 0 Å². The molecule has 0 bridgehead atoms. The van der Waals surface area contributed by atoms with Crippen LogP contribution in [-0.4, -0.2) is 16.0 Å². The smallest absolute Gasteiger partial charge is 0.344 e. The average Bonchev–Trinajstić information content (AvgIpc) is 2.97. The van der Waals surface area contributed by atoms with E-state index in [2.05, 4.69) is 20.6 Å². The van der Waals surface area contributed by atoms with E-state index < -0.39 is 17.8 Å². The third kappa shape index (κ3) is 3.57. The van der Waals surface area contributed by atoms with Gasteiger partial charge >= 0.3 is 12.2 Å². The maximum atomic E-state index is 12.5. The van der Waals surface area contributed by atoms with E-state index in [1.54, 1.807) is 12.4 Å². The number of fused-ring (bicyclic) bond motifs is 1. The first kappa shape index (κ1) is 16.8. The van der Waals surface area contributed by atoms with Crippen molar-refractivity contribution < 1.29 is 18.0 Å². The number of halogens is 3. The Hall–Kier alpha value is -3.03. The van der Waals surface area contributed by atoms with E-state index >= 15 is 0 Å². The minimum absolute atomic E-state index is 0.263. The number of aryl methyl sites for hydroxylation is 1. The fraction of sp³-hybridized carbons (Fsp3) is 0.176. The van der Waals surface area contributed by atoms with Crippen molar-refractivity contribution >= 4 is 28.4 Å². The molecule has 0 atom stereocenters. The van der Waals surface area contributed by atoms with Crippen LogP contribution in [0.4, 0.5) is 29.3 Å². The van der Waals surface area contributed by atoms with E-state index in [1.807, 2.05) is 13.0 Å². The van der Waals surface area contributed by atoms with Crippen molar-refractivity contribution in [1.29, 1.82) is 0 Å². The number of carbonyl (C=O) groups excluding carboxylic acids is 1. The highest BCUT2D eigenvalue weighted by molar-refractivity contribution is 6.06. The van der Waals surface area contributed by atoms with Crippen LogP contribution >= 0.6 is 0 Å². The van der Waals surface area contributed by atoms with Crippen LogP contribution in [0.3, 0.4) is 0 Å². The van der Waals surface area contributed by atoms with Crippen molar-refractivity contribution in [3.63, 3.8) is 0 Å². The number of anilines is 2. The molecule has 2 heterocycles. The van der Waals surface area contributed by atoms with Gasteiger partial charge < -0.3 is 15.6 Å². The monoisotopic (exact) mass is 348 g/mol. The zero-order valence-corrected chi connectivity index (χ0v) is 13.2. The highest BCUT2D eigenvalue weighted by atomic mass is 19.4. The van der Waals surface area contributed by atoms with Gasteiger partial charge in [-0.3, -0.25) is 0 Å². The third-order valence-corrected chi connectivity index (χ3v) is 3.76. The van der Waals surface area contributed by atoms with Crippen molar-refractivity contribution in [2.45, 2.75) is 19.5 Å². The maximum absolute atomic E-state index is 12.5. The molecule has 130 valence electrons. The van der Waals surface area contributed by atoms with Gasteiger partial charge in [0, 0.05) is 23.5 Å². The first-order valence-electron chi connectivity index (χ1n) is 7.58. The van der Waals surface area contributed by atoms with Crippen LogP contribution in [0.5, 0.6) is 0 Å². The number of nitrogens with zero attached hydrogens (tertiary/aromatic N) is 1. The quantitative estimate of drug-likeness (QED) is 0.637. The summed E-state index contributed by atoms with van der Waals surface area (Å²) in [5.74, 6) is 0. The molecule has 0 radical (unpaired) electrons. The summed E-state index contributed by atoms with van der Waals surface area (Å²) in [6.45, 7) is 1.99. The second-order valence-corrected chi connectivity index (χ2v) is 5.40. The van der Waals surface area contributed by atoms with Crippen LogP contribution in [-0.2, 0) is 12.6 Å². The molecule has 0 fully saturated rings. The Morgan fingerprint density at radius 1 is 1.16 bits per heavy atom. The van der Waals surface area contributed by atoms with Crippen LogP contribution in [0.25, 0.3) is 11.0 Å². The summed E-state index contributed by atoms with van der Waals surface area (Å²) in [6, 6.07) is 5.56. The lowest BCUT2D eigenvalue weighted by Gasteiger charge is -2.10. The zero-order valence-electron chi connectivity index (χ0n) is 13.2. The molecule has 0 unspecified atom stereocenters. The van der Waals surface area contributed by atoms with Crippen molar-refractivity contribution in [2.24, 2.45) is 0 Å². The molecular weight excluding hydrogens is 333 g/mol. The lowest BCUT2D eigenvalue weighted by molar-refractivity contribution is -0.137.